The highest BCUT2D eigenvalue weighted by molar-refractivity contribution is 5.71. The van der Waals surface area contributed by atoms with E-state index < -0.39 is 0 Å². The molecule has 3 heteroatoms. The summed E-state index contributed by atoms with van der Waals surface area (Å²) in [5.41, 5.74) is 1.11. The van der Waals surface area contributed by atoms with Crippen molar-refractivity contribution in [1.29, 1.82) is 0 Å². The molecule has 0 aliphatic carbocycles. The number of carbonyl (C=O) groups excluding carboxylic acids is 1. The molecule has 1 aromatic carbocycles. The van der Waals surface area contributed by atoms with Gasteiger partial charge in [0.1, 0.15) is 6.10 Å². The van der Waals surface area contributed by atoms with Crippen LogP contribution in [0.3, 0.4) is 0 Å². The van der Waals surface area contributed by atoms with Crippen molar-refractivity contribution in [2.24, 2.45) is 5.92 Å². The van der Waals surface area contributed by atoms with Crippen LogP contribution in [0.25, 0.3) is 6.08 Å². The molecule has 0 bridgehead atoms. The molecule has 1 heterocycles. The van der Waals surface area contributed by atoms with Crippen molar-refractivity contribution in [2.75, 3.05) is 0 Å². The van der Waals surface area contributed by atoms with E-state index >= 15 is 0 Å². The molecule has 0 spiro atoms. The molecule has 1 N–H and O–H groups in total. The van der Waals surface area contributed by atoms with Crippen LogP contribution in [0, 0.1) is 5.92 Å². The number of rotatable bonds is 4. The normalized spacial score (nSPS) is 23.4. The topological polar surface area (TPSA) is 38.3 Å². The SMILES string of the molecule is CC(C)C[C@@H]1NC(=O)O[C@H]1/C=C/c1ccccc1. The Kier molecular flexibility index (Phi) is 4.03. The van der Waals surface area contributed by atoms with Crippen molar-refractivity contribution < 1.29 is 9.53 Å². The third-order valence-corrected chi connectivity index (χ3v) is 2.95. The zero-order chi connectivity index (χ0) is 13.0. The Morgan fingerprint density at radius 2 is 2.06 bits per heavy atom. The predicted molar refractivity (Wildman–Crippen MR) is 72.1 cm³/mol. The monoisotopic (exact) mass is 245 g/mol. The number of benzene rings is 1. The summed E-state index contributed by atoms with van der Waals surface area (Å²) in [5, 5.41) is 2.86. The number of alkyl carbamates (subject to hydrolysis) is 1. The fourth-order valence-electron chi connectivity index (χ4n) is 2.12. The highest BCUT2D eigenvalue weighted by atomic mass is 16.6. The van der Waals surface area contributed by atoms with Gasteiger partial charge in [0, 0.05) is 0 Å². The van der Waals surface area contributed by atoms with Gasteiger partial charge < -0.3 is 10.1 Å². The first-order valence-electron chi connectivity index (χ1n) is 6.35. The van der Waals surface area contributed by atoms with Gasteiger partial charge in [0.25, 0.3) is 0 Å². The van der Waals surface area contributed by atoms with E-state index in [9.17, 15) is 4.79 Å². The second kappa shape index (κ2) is 5.71. The highest BCUT2D eigenvalue weighted by Gasteiger charge is 2.32. The van der Waals surface area contributed by atoms with Gasteiger partial charge in [0.15, 0.2) is 0 Å². The van der Waals surface area contributed by atoms with Crippen molar-refractivity contribution in [3.63, 3.8) is 0 Å². The summed E-state index contributed by atoms with van der Waals surface area (Å²) in [4.78, 5) is 11.3. The summed E-state index contributed by atoms with van der Waals surface area (Å²) in [6.45, 7) is 4.28. The van der Waals surface area contributed by atoms with E-state index in [1.807, 2.05) is 42.5 Å². The smallest absolute Gasteiger partial charge is 0.408 e. The molecule has 0 saturated carbocycles. The zero-order valence-electron chi connectivity index (χ0n) is 10.8. The van der Waals surface area contributed by atoms with E-state index in [2.05, 4.69) is 19.2 Å². The van der Waals surface area contributed by atoms with Gasteiger partial charge in [0.05, 0.1) is 6.04 Å². The molecule has 1 amide bonds. The maximum Gasteiger partial charge on any atom is 0.408 e. The molecule has 1 aliphatic heterocycles. The minimum Gasteiger partial charge on any atom is -0.440 e. The first kappa shape index (κ1) is 12.7. The number of ether oxygens (including phenoxy) is 1. The van der Waals surface area contributed by atoms with E-state index in [1.165, 1.54) is 0 Å². The van der Waals surface area contributed by atoms with Gasteiger partial charge >= 0.3 is 6.09 Å². The molecule has 96 valence electrons. The summed E-state index contributed by atoms with van der Waals surface area (Å²) in [7, 11) is 0. The van der Waals surface area contributed by atoms with Gasteiger partial charge in [-0.15, -0.1) is 0 Å². The van der Waals surface area contributed by atoms with Crippen molar-refractivity contribution in [1.82, 2.24) is 5.32 Å². The number of cyclic esters (lactones) is 1. The van der Waals surface area contributed by atoms with Gasteiger partial charge in [-0.3, -0.25) is 0 Å². The Morgan fingerprint density at radius 1 is 1.33 bits per heavy atom. The third kappa shape index (κ3) is 3.36. The third-order valence-electron chi connectivity index (χ3n) is 2.95. The van der Waals surface area contributed by atoms with Crippen LogP contribution in [-0.2, 0) is 4.74 Å². The summed E-state index contributed by atoms with van der Waals surface area (Å²) in [5.74, 6) is 0.532. The summed E-state index contributed by atoms with van der Waals surface area (Å²) < 4.78 is 5.26. The van der Waals surface area contributed by atoms with Crippen LogP contribution < -0.4 is 5.32 Å². The summed E-state index contributed by atoms with van der Waals surface area (Å²) >= 11 is 0. The van der Waals surface area contributed by atoms with E-state index in [4.69, 9.17) is 4.74 Å². The molecule has 1 aliphatic rings. The zero-order valence-corrected chi connectivity index (χ0v) is 10.8. The van der Waals surface area contributed by atoms with Gasteiger partial charge in [-0.05, 0) is 24.0 Å². The van der Waals surface area contributed by atoms with Crippen LogP contribution in [-0.4, -0.2) is 18.2 Å². The van der Waals surface area contributed by atoms with Crippen LogP contribution in [0.2, 0.25) is 0 Å². The molecule has 0 unspecified atom stereocenters. The van der Waals surface area contributed by atoms with Crippen molar-refractivity contribution in [3.8, 4) is 0 Å². The maximum absolute atomic E-state index is 11.3. The average molecular weight is 245 g/mol. The van der Waals surface area contributed by atoms with Crippen molar-refractivity contribution >= 4 is 12.2 Å². The molecule has 1 aromatic rings. The second-order valence-corrected chi connectivity index (χ2v) is 5.02. The molecule has 18 heavy (non-hydrogen) atoms. The van der Waals surface area contributed by atoms with Crippen LogP contribution in [0.1, 0.15) is 25.8 Å². The average Bonchev–Trinajstić information content (AvgIpc) is 2.67. The summed E-state index contributed by atoms with van der Waals surface area (Å²) in [6, 6.07) is 10.1. The lowest BCUT2D eigenvalue weighted by Crippen LogP contribution is -2.31. The molecule has 1 saturated heterocycles. The van der Waals surface area contributed by atoms with Gasteiger partial charge in [0.2, 0.25) is 0 Å². The van der Waals surface area contributed by atoms with E-state index in [1.54, 1.807) is 0 Å². The number of nitrogens with one attached hydrogen (secondary N) is 1. The molecule has 2 atom stereocenters. The maximum atomic E-state index is 11.3. The Hall–Kier alpha value is -1.77. The van der Waals surface area contributed by atoms with Crippen LogP contribution in [0.15, 0.2) is 36.4 Å². The number of hydrogen-bond donors (Lipinski definition) is 1. The Balaban J connectivity index is 2.02. The number of carbonyl (C=O) groups is 1. The Bertz CT molecular complexity index is 425. The largest absolute Gasteiger partial charge is 0.440 e. The van der Waals surface area contributed by atoms with Gasteiger partial charge in [-0.1, -0.05) is 50.3 Å². The van der Waals surface area contributed by atoms with E-state index in [0.717, 1.165) is 12.0 Å². The second-order valence-electron chi connectivity index (χ2n) is 5.02. The molecular formula is C15H19NO2. The molecule has 2 rings (SSSR count). The lowest BCUT2D eigenvalue weighted by atomic mass is 9.99. The first-order valence-corrected chi connectivity index (χ1v) is 6.35. The minimum atomic E-state index is -0.316. The molecule has 1 fully saturated rings. The van der Waals surface area contributed by atoms with Crippen LogP contribution in [0.5, 0.6) is 0 Å². The summed E-state index contributed by atoms with van der Waals surface area (Å²) in [6.07, 6.45) is 4.40. The molecular weight excluding hydrogens is 226 g/mol. The van der Waals surface area contributed by atoms with Crippen molar-refractivity contribution in [3.05, 3.63) is 42.0 Å². The number of amides is 1. The Morgan fingerprint density at radius 3 is 2.72 bits per heavy atom. The lowest BCUT2D eigenvalue weighted by molar-refractivity contribution is 0.151. The fourth-order valence-corrected chi connectivity index (χ4v) is 2.12. The van der Waals surface area contributed by atoms with Gasteiger partial charge in [-0.25, -0.2) is 4.79 Å². The molecule has 0 radical (unpaired) electrons. The van der Waals surface area contributed by atoms with Crippen LogP contribution >= 0.6 is 0 Å². The van der Waals surface area contributed by atoms with Gasteiger partial charge in [-0.2, -0.15) is 0 Å². The first-order chi connectivity index (χ1) is 8.65. The Labute approximate surface area is 108 Å². The number of hydrogen-bond acceptors (Lipinski definition) is 2. The van der Waals surface area contributed by atoms with E-state index in [-0.39, 0.29) is 18.2 Å². The van der Waals surface area contributed by atoms with Crippen molar-refractivity contribution in [2.45, 2.75) is 32.4 Å². The lowest BCUT2D eigenvalue weighted by Gasteiger charge is -2.15. The minimum absolute atomic E-state index is 0.0810. The van der Waals surface area contributed by atoms with Crippen LogP contribution in [0.4, 0.5) is 4.79 Å². The van der Waals surface area contributed by atoms with E-state index in [0.29, 0.717) is 5.92 Å². The predicted octanol–water partition coefficient (Wildman–Crippen LogP) is 3.22. The standard InChI is InChI=1S/C15H19NO2/c1-11(2)10-13-14(18-15(17)16-13)9-8-12-6-4-3-5-7-12/h3-9,11,13-14H,10H2,1-2H3,(H,16,17)/b9-8+/t13-,14-/m0/s1. The highest BCUT2D eigenvalue weighted by Crippen LogP contribution is 2.18. The quantitative estimate of drug-likeness (QED) is 0.884. The molecule has 0 aromatic heterocycles. The molecule has 3 nitrogen and oxygen atoms in total. The fraction of sp³-hybridized carbons (Fsp3) is 0.400.